The molecule has 2 rings (SSSR count). The van der Waals surface area contributed by atoms with Crippen molar-refractivity contribution in [2.75, 3.05) is 6.54 Å². The summed E-state index contributed by atoms with van der Waals surface area (Å²) in [5.74, 6) is 0. The van der Waals surface area contributed by atoms with Gasteiger partial charge in [0.05, 0.1) is 5.70 Å². The van der Waals surface area contributed by atoms with Gasteiger partial charge in [0.2, 0.25) is 0 Å². The molecule has 1 aliphatic heterocycles. The zero-order valence-electron chi connectivity index (χ0n) is 7.53. The van der Waals surface area contributed by atoms with Crippen molar-refractivity contribution in [3.05, 3.63) is 40.9 Å². The van der Waals surface area contributed by atoms with Crippen LogP contribution >= 0.6 is 11.6 Å². The van der Waals surface area contributed by atoms with Crippen LogP contribution in [0, 0.1) is 0 Å². The van der Waals surface area contributed by atoms with Gasteiger partial charge in [-0.2, -0.15) is 0 Å². The number of rotatable bonds is 2. The van der Waals surface area contributed by atoms with Crippen LogP contribution in [0.2, 0.25) is 5.02 Å². The molecule has 1 aliphatic rings. The lowest BCUT2D eigenvalue weighted by molar-refractivity contribution is 0.0567. The van der Waals surface area contributed by atoms with E-state index in [1.165, 1.54) is 0 Å². The lowest BCUT2D eigenvalue weighted by Crippen LogP contribution is -2.21. The number of halogens is 1. The maximum absolute atomic E-state index is 5.87. The monoisotopic (exact) mass is 210 g/mol. The van der Waals surface area contributed by atoms with Crippen molar-refractivity contribution in [1.82, 2.24) is 5.48 Å². The lowest BCUT2D eigenvalue weighted by atomic mass is 10.1. The molecule has 0 aliphatic carbocycles. The molecule has 1 unspecified atom stereocenters. The SMILES string of the molecule is NCC1C=C(c2cccc(Cl)c2)NO1. The van der Waals surface area contributed by atoms with E-state index in [-0.39, 0.29) is 6.10 Å². The van der Waals surface area contributed by atoms with Crippen LogP contribution in [0.15, 0.2) is 30.3 Å². The normalized spacial score (nSPS) is 20.4. The van der Waals surface area contributed by atoms with E-state index in [0.29, 0.717) is 11.6 Å². The summed E-state index contributed by atoms with van der Waals surface area (Å²) in [4.78, 5) is 5.20. The first kappa shape index (κ1) is 9.52. The van der Waals surface area contributed by atoms with Crippen LogP contribution in [0.3, 0.4) is 0 Å². The zero-order valence-corrected chi connectivity index (χ0v) is 8.29. The molecule has 0 spiro atoms. The molecule has 0 amide bonds. The van der Waals surface area contributed by atoms with Crippen molar-refractivity contribution in [3.63, 3.8) is 0 Å². The highest BCUT2D eigenvalue weighted by Crippen LogP contribution is 2.20. The number of benzene rings is 1. The highest BCUT2D eigenvalue weighted by molar-refractivity contribution is 6.30. The van der Waals surface area contributed by atoms with E-state index < -0.39 is 0 Å². The first-order valence-electron chi connectivity index (χ1n) is 4.39. The standard InChI is InChI=1S/C10H11ClN2O/c11-8-3-1-2-7(4-8)10-5-9(6-12)14-13-10/h1-5,9,13H,6,12H2. The number of nitrogens with one attached hydrogen (secondary N) is 1. The van der Waals surface area contributed by atoms with E-state index in [0.717, 1.165) is 11.3 Å². The van der Waals surface area contributed by atoms with Gasteiger partial charge >= 0.3 is 0 Å². The van der Waals surface area contributed by atoms with E-state index in [1.54, 1.807) is 0 Å². The fraction of sp³-hybridized carbons (Fsp3) is 0.200. The van der Waals surface area contributed by atoms with Gasteiger partial charge in [0.15, 0.2) is 0 Å². The number of hydrogen-bond acceptors (Lipinski definition) is 3. The van der Waals surface area contributed by atoms with Gasteiger partial charge in [-0.05, 0) is 18.2 Å². The summed E-state index contributed by atoms with van der Waals surface area (Å²) < 4.78 is 0. The Morgan fingerprint density at radius 1 is 1.50 bits per heavy atom. The van der Waals surface area contributed by atoms with Crippen molar-refractivity contribution in [2.24, 2.45) is 5.73 Å². The quantitative estimate of drug-likeness (QED) is 0.779. The van der Waals surface area contributed by atoms with E-state index in [4.69, 9.17) is 22.2 Å². The third-order valence-electron chi connectivity index (χ3n) is 2.04. The average Bonchev–Trinajstić information content (AvgIpc) is 2.66. The third-order valence-corrected chi connectivity index (χ3v) is 2.28. The predicted molar refractivity (Wildman–Crippen MR) is 56.5 cm³/mol. The maximum atomic E-state index is 5.87. The van der Waals surface area contributed by atoms with Crippen LogP contribution in [0.4, 0.5) is 0 Å². The van der Waals surface area contributed by atoms with Crippen LogP contribution in [-0.4, -0.2) is 12.6 Å². The van der Waals surface area contributed by atoms with Crippen LogP contribution in [0.1, 0.15) is 5.56 Å². The van der Waals surface area contributed by atoms with Gasteiger partial charge in [0.1, 0.15) is 6.10 Å². The highest BCUT2D eigenvalue weighted by atomic mass is 35.5. The van der Waals surface area contributed by atoms with E-state index in [2.05, 4.69) is 5.48 Å². The summed E-state index contributed by atoms with van der Waals surface area (Å²) in [6, 6.07) is 7.58. The summed E-state index contributed by atoms with van der Waals surface area (Å²) in [6.07, 6.45) is 1.90. The predicted octanol–water partition coefficient (Wildman–Crippen LogP) is 1.54. The van der Waals surface area contributed by atoms with Gasteiger partial charge < -0.3 is 5.73 Å². The Morgan fingerprint density at radius 2 is 2.36 bits per heavy atom. The average molecular weight is 211 g/mol. The molecule has 1 aromatic carbocycles. The molecular weight excluding hydrogens is 200 g/mol. The molecule has 0 radical (unpaired) electrons. The highest BCUT2D eigenvalue weighted by Gasteiger charge is 2.15. The molecular formula is C10H11ClN2O. The summed E-state index contributed by atoms with van der Waals surface area (Å²) >= 11 is 5.87. The summed E-state index contributed by atoms with van der Waals surface area (Å²) in [6.45, 7) is 0.469. The van der Waals surface area contributed by atoms with Crippen molar-refractivity contribution in [1.29, 1.82) is 0 Å². The zero-order chi connectivity index (χ0) is 9.97. The summed E-state index contributed by atoms with van der Waals surface area (Å²) in [5.41, 5.74) is 10.2. The van der Waals surface area contributed by atoms with Crippen LogP contribution in [0.5, 0.6) is 0 Å². The largest absolute Gasteiger partial charge is 0.328 e. The third kappa shape index (κ3) is 1.90. The summed E-state index contributed by atoms with van der Waals surface area (Å²) in [7, 11) is 0. The molecule has 3 N–H and O–H groups in total. The van der Waals surface area contributed by atoms with Crippen LogP contribution < -0.4 is 11.2 Å². The molecule has 14 heavy (non-hydrogen) atoms. The van der Waals surface area contributed by atoms with Gasteiger partial charge in [0.25, 0.3) is 0 Å². The molecule has 0 saturated carbocycles. The Kier molecular flexibility index (Phi) is 2.72. The smallest absolute Gasteiger partial charge is 0.118 e. The van der Waals surface area contributed by atoms with E-state index in [1.807, 2.05) is 30.3 Å². The van der Waals surface area contributed by atoms with Crippen molar-refractivity contribution < 1.29 is 4.84 Å². The molecule has 1 aromatic rings. The molecule has 0 saturated heterocycles. The number of nitrogens with two attached hydrogens (primary N) is 1. The van der Waals surface area contributed by atoms with Gasteiger partial charge in [-0.25, -0.2) is 0 Å². The molecule has 0 aromatic heterocycles. The second-order valence-corrected chi connectivity index (χ2v) is 3.52. The van der Waals surface area contributed by atoms with Gasteiger partial charge in [0, 0.05) is 17.1 Å². The Hall–Kier alpha value is -1.03. The molecule has 1 atom stereocenters. The minimum atomic E-state index is -0.0519. The van der Waals surface area contributed by atoms with Gasteiger partial charge in [-0.15, -0.1) is 0 Å². The first-order chi connectivity index (χ1) is 6.79. The lowest BCUT2D eigenvalue weighted by Gasteiger charge is -2.04. The molecule has 0 bridgehead atoms. The second kappa shape index (κ2) is 4.00. The topological polar surface area (TPSA) is 47.3 Å². The molecule has 3 nitrogen and oxygen atoms in total. The van der Waals surface area contributed by atoms with Crippen molar-refractivity contribution in [3.8, 4) is 0 Å². The molecule has 74 valence electrons. The number of hydroxylamine groups is 1. The van der Waals surface area contributed by atoms with Crippen molar-refractivity contribution in [2.45, 2.75) is 6.10 Å². The fourth-order valence-electron chi connectivity index (χ4n) is 1.32. The van der Waals surface area contributed by atoms with Crippen LogP contribution in [-0.2, 0) is 4.84 Å². The molecule has 4 heteroatoms. The van der Waals surface area contributed by atoms with Gasteiger partial charge in [-0.1, -0.05) is 23.7 Å². The minimum absolute atomic E-state index is 0.0519. The minimum Gasteiger partial charge on any atom is -0.328 e. The van der Waals surface area contributed by atoms with E-state index in [9.17, 15) is 0 Å². The first-order valence-corrected chi connectivity index (χ1v) is 4.77. The van der Waals surface area contributed by atoms with Crippen LogP contribution in [0.25, 0.3) is 5.70 Å². The second-order valence-electron chi connectivity index (χ2n) is 3.08. The van der Waals surface area contributed by atoms with Crippen molar-refractivity contribution >= 4 is 17.3 Å². The Balaban J connectivity index is 2.24. The maximum Gasteiger partial charge on any atom is 0.118 e. The van der Waals surface area contributed by atoms with Gasteiger partial charge in [-0.3, -0.25) is 10.3 Å². The Labute approximate surface area is 87.5 Å². The fourth-order valence-corrected chi connectivity index (χ4v) is 1.51. The Morgan fingerprint density at radius 3 is 3.00 bits per heavy atom. The van der Waals surface area contributed by atoms with E-state index >= 15 is 0 Å². The summed E-state index contributed by atoms with van der Waals surface area (Å²) in [5, 5.41) is 0.710. The Bertz CT molecular complexity index is 365. The number of hydrogen-bond donors (Lipinski definition) is 2. The molecule has 1 heterocycles. The molecule has 0 fully saturated rings.